The normalized spacial score (nSPS) is 17.1. The highest BCUT2D eigenvalue weighted by molar-refractivity contribution is 6.01. The molecule has 12 heteroatoms. The van der Waals surface area contributed by atoms with Crippen LogP contribution in [0.25, 0.3) is 10.9 Å². The van der Waals surface area contributed by atoms with E-state index in [0.717, 1.165) is 0 Å². The van der Waals surface area contributed by atoms with Crippen LogP contribution < -0.4 is 20.7 Å². The number of hydrogen-bond donors (Lipinski definition) is 4. The van der Waals surface area contributed by atoms with Gasteiger partial charge < -0.3 is 30.4 Å². The fourth-order valence-electron chi connectivity index (χ4n) is 4.17. The van der Waals surface area contributed by atoms with Gasteiger partial charge in [-0.05, 0) is 43.4 Å². The van der Waals surface area contributed by atoms with Crippen LogP contribution in [0.15, 0.2) is 24.3 Å². The molecule has 3 atom stereocenters. The monoisotopic (exact) mass is 508 g/mol. The summed E-state index contributed by atoms with van der Waals surface area (Å²) in [6, 6.07) is 3.75. The molecule has 1 aromatic heterocycles. The van der Waals surface area contributed by atoms with E-state index in [0.29, 0.717) is 18.5 Å². The molecule has 1 aliphatic rings. The number of hydrogen-bond acceptors (Lipinski definition) is 6. The predicted molar refractivity (Wildman–Crippen MR) is 125 cm³/mol. The largest absolute Gasteiger partial charge is 0.467 e. The number of esters is 1. The third-order valence-corrected chi connectivity index (χ3v) is 5.90. The van der Waals surface area contributed by atoms with E-state index in [1.165, 1.54) is 25.3 Å². The smallest absolute Gasteiger partial charge is 0.387 e. The Kier molecular flexibility index (Phi) is 8.83. The summed E-state index contributed by atoms with van der Waals surface area (Å²) in [5.41, 5.74) is 0.452. The molecule has 1 fully saturated rings. The van der Waals surface area contributed by atoms with E-state index in [9.17, 15) is 28.0 Å². The number of methoxy groups -OCH3 is 1. The van der Waals surface area contributed by atoms with Gasteiger partial charge in [-0.2, -0.15) is 8.78 Å². The molecule has 2 aromatic rings. The van der Waals surface area contributed by atoms with Gasteiger partial charge in [-0.1, -0.05) is 19.9 Å². The molecule has 1 aliphatic heterocycles. The lowest BCUT2D eigenvalue weighted by Crippen LogP contribution is -2.53. The second kappa shape index (κ2) is 11.8. The lowest BCUT2D eigenvalue weighted by atomic mass is 9.97. The van der Waals surface area contributed by atoms with Crippen molar-refractivity contribution in [3.05, 3.63) is 30.0 Å². The minimum atomic E-state index is -3.03. The molecule has 1 aromatic carbocycles. The van der Waals surface area contributed by atoms with E-state index in [1.54, 1.807) is 6.07 Å². The number of aromatic nitrogens is 1. The zero-order chi connectivity index (χ0) is 26.4. The van der Waals surface area contributed by atoms with Gasteiger partial charge in [-0.15, -0.1) is 0 Å². The number of rotatable bonds is 11. The zero-order valence-corrected chi connectivity index (χ0v) is 20.2. The molecule has 0 saturated carbocycles. The summed E-state index contributed by atoms with van der Waals surface area (Å²) in [7, 11) is 1.19. The first-order valence-corrected chi connectivity index (χ1v) is 11.6. The van der Waals surface area contributed by atoms with Gasteiger partial charge in [-0.25, -0.2) is 4.79 Å². The van der Waals surface area contributed by atoms with Crippen molar-refractivity contribution < 1.29 is 37.4 Å². The Morgan fingerprint density at radius 1 is 1.17 bits per heavy atom. The molecule has 0 spiro atoms. The van der Waals surface area contributed by atoms with Crippen molar-refractivity contribution in [3.8, 4) is 5.75 Å². The maximum absolute atomic E-state index is 13.1. The molecule has 2 heterocycles. The van der Waals surface area contributed by atoms with Gasteiger partial charge in [0, 0.05) is 23.4 Å². The summed E-state index contributed by atoms with van der Waals surface area (Å²) in [6.45, 7) is 1.19. The Morgan fingerprint density at radius 3 is 2.53 bits per heavy atom. The number of alkyl halides is 2. The lowest BCUT2D eigenvalue weighted by Gasteiger charge is -2.24. The number of aromatic amines is 1. The van der Waals surface area contributed by atoms with E-state index in [1.807, 2.05) is 13.8 Å². The van der Waals surface area contributed by atoms with Crippen LogP contribution >= 0.6 is 0 Å². The number of amides is 3. The van der Waals surface area contributed by atoms with Crippen molar-refractivity contribution in [2.24, 2.45) is 11.8 Å². The molecule has 3 amide bonds. The molecule has 4 N–H and O–H groups in total. The van der Waals surface area contributed by atoms with Crippen molar-refractivity contribution in [1.29, 1.82) is 0 Å². The number of fused-ring (bicyclic) bond motifs is 1. The highest BCUT2D eigenvalue weighted by Crippen LogP contribution is 2.28. The second-order valence-electron chi connectivity index (χ2n) is 9.03. The molecule has 0 aliphatic carbocycles. The van der Waals surface area contributed by atoms with Crippen LogP contribution in [0.3, 0.4) is 0 Å². The second-order valence-corrected chi connectivity index (χ2v) is 9.03. The number of H-pyrrole nitrogens is 1. The van der Waals surface area contributed by atoms with Crippen LogP contribution in [0.1, 0.15) is 43.6 Å². The molecule has 36 heavy (non-hydrogen) atoms. The first kappa shape index (κ1) is 26.9. The van der Waals surface area contributed by atoms with Crippen molar-refractivity contribution in [3.63, 3.8) is 0 Å². The molecule has 3 rings (SSSR count). The predicted octanol–water partition coefficient (Wildman–Crippen LogP) is 2.10. The highest BCUT2D eigenvalue weighted by Gasteiger charge is 2.34. The maximum Gasteiger partial charge on any atom is 0.387 e. The van der Waals surface area contributed by atoms with Crippen LogP contribution in [0, 0.1) is 11.8 Å². The molecular formula is C24H30F2N4O6. The third kappa shape index (κ3) is 6.70. The lowest BCUT2D eigenvalue weighted by molar-refractivity contribution is -0.146. The minimum absolute atomic E-state index is 0.00648. The molecule has 0 unspecified atom stereocenters. The quantitative estimate of drug-likeness (QED) is 0.343. The first-order chi connectivity index (χ1) is 17.1. The fraction of sp³-hybridized carbons (Fsp3) is 0.500. The number of ether oxygens (including phenoxy) is 2. The summed E-state index contributed by atoms with van der Waals surface area (Å²) in [5, 5.41) is 8.24. The van der Waals surface area contributed by atoms with Crippen LogP contribution in [0.2, 0.25) is 0 Å². The Labute approximate surface area is 206 Å². The first-order valence-electron chi connectivity index (χ1n) is 11.6. The van der Waals surface area contributed by atoms with Gasteiger partial charge in [0.05, 0.1) is 7.11 Å². The topological polar surface area (TPSA) is 139 Å². The Morgan fingerprint density at radius 2 is 1.92 bits per heavy atom. The van der Waals surface area contributed by atoms with E-state index >= 15 is 0 Å². The van der Waals surface area contributed by atoms with Gasteiger partial charge >= 0.3 is 12.6 Å². The van der Waals surface area contributed by atoms with Crippen molar-refractivity contribution >= 4 is 34.6 Å². The van der Waals surface area contributed by atoms with Gasteiger partial charge in [0.2, 0.25) is 11.8 Å². The third-order valence-electron chi connectivity index (χ3n) is 5.90. The van der Waals surface area contributed by atoms with Gasteiger partial charge in [-0.3, -0.25) is 14.4 Å². The van der Waals surface area contributed by atoms with Gasteiger partial charge in [0.1, 0.15) is 23.5 Å². The highest BCUT2D eigenvalue weighted by atomic mass is 19.3. The summed E-state index contributed by atoms with van der Waals surface area (Å²) < 4.78 is 34.8. The Balaban J connectivity index is 1.76. The summed E-state index contributed by atoms with van der Waals surface area (Å²) in [6.07, 6.45) is 0.864. The Bertz CT molecular complexity index is 1120. The SMILES string of the molecule is COC(=O)[C@H](C[C@@H]1CCNC1=O)NC(=O)[C@H](CC(C)C)NC(=O)c1cc2c(OC(F)F)cccc2[nH]1. The average molecular weight is 509 g/mol. The van der Waals surface area contributed by atoms with Crippen molar-refractivity contribution in [1.82, 2.24) is 20.9 Å². The van der Waals surface area contributed by atoms with E-state index < -0.39 is 42.4 Å². The number of carbonyl (C=O) groups excluding carboxylic acids is 4. The van der Waals surface area contributed by atoms with Crippen molar-refractivity contribution in [2.45, 2.75) is 51.8 Å². The molecule has 0 bridgehead atoms. The fourth-order valence-corrected chi connectivity index (χ4v) is 4.17. The van der Waals surface area contributed by atoms with Gasteiger partial charge in [0.15, 0.2) is 0 Å². The van der Waals surface area contributed by atoms with Crippen LogP contribution in [-0.4, -0.2) is 61.0 Å². The van der Waals surface area contributed by atoms with E-state index in [2.05, 4.69) is 25.7 Å². The molecule has 1 saturated heterocycles. The summed E-state index contributed by atoms with van der Waals surface area (Å²) in [4.78, 5) is 53.2. The summed E-state index contributed by atoms with van der Waals surface area (Å²) in [5.74, 6) is -2.66. The maximum atomic E-state index is 13.1. The standard InChI is InChI=1S/C24H30F2N4O6/c1-12(2)9-16(21(32)30-18(23(34)35-3)10-13-7-8-27-20(13)31)29-22(33)17-11-14-15(28-17)5-4-6-19(14)36-24(25)26/h4-6,11-13,16,18,24,28H,7-10H2,1-3H3,(H,27,31)(H,29,33)(H,30,32)/t13-,16-,18-/m0/s1. The van der Waals surface area contributed by atoms with Crippen molar-refractivity contribution in [2.75, 3.05) is 13.7 Å². The number of benzene rings is 1. The minimum Gasteiger partial charge on any atom is -0.467 e. The Hall–Kier alpha value is -3.70. The molecule has 196 valence electrons. The molecule has 10 nitrogen and oxygen atoms in total. The zero-order valence-electron chi connectivity index (χ0n) is 20.2. The van der Waals surface area contributed by atoms with Crippen LogP contribution in [0.4, 0.5) is 8.78 Å². The summed E-state index contributed by atoms with van der Waals surface area (Å²) >= 11 is 0. The molecular weight excluding hydrogens is 478 g/mol. The average Bonchev–Trinajstić information content (AvgIpc) is 3.43. The van der Waals surface area contributed by atoms with Crippen LogP contribution in [0.5, 0.6) is 5.75 Å². The van der Waals surface area contributed by atoms with E-state index in [-0.39, 0.29) is 41.5 Å². The van der Waals surface area contributed by atoms with E-state index in [4.69, 9.17) is 4.74 Å². The number of carbonyl (C=O) groups is 4. The van der Waals surface area contributed by atoms with Gasteiger partial charge in [0.25, 0.3) is 5.91 Å². The number of nitrogens with one attached hydrogen (secondary N) is 4. The number of halogens is 2. The molecule has 0 radical (unpaired) electrons. The van der Waals surface area contributed by atoms with Crippen LogP contribution in [-0.2, 0) is 19.1 Å².